The van der Waals surface area contributed by atoms with E-state index in [4.69, 9.17) is 22.3 Å². The van der Waals surface area contributed by atoms with Crippen molar-refractivity contribution in [2.45, 2.75) is 13.8 Å². The number of nitrogens with zero attached hydrogens (tertiary/aromatic N) is 2. The zero-order valence-electron chi connectivity index (χ0n) is 17.4. The molecule has 0 unspecified atom stereocenters. The van der Waals surface area contributed by atoms with Crippen molar-refractivity contribution in [3.05, 3.63) is 70.6 Å². The summed E-state index contributed by atoms with van der Waals surface area (Å²) in [5.41, 5.74) is 10.4. The van der Waals surface area contributed by atoms with Crippen LogP contribution in [0.4, 0.5) is 17.1 Å². The number of carbonyl (C=O) groups excluding carboxylic acids is 1. The lowest BCUT2D eigenvalue weighted by atomic mass is 10.1. The van der Waals surface area contributed by atoms with Gasteiger partial charge in [0.1, 0.15) is 9.71 Å². The Morgan fingerprint density at radius 1 is 1.03 bits per heavy atom. The summed E-state index contributed by atoms with van der Waals surface area (Å²) in [5, 5.41) is 4.40. The number of hydrogen-bond acceptors (Lipinski definition) is 5. The number of halogens is 1. The Balaban J connectivity index is 1.58. The van der Waals surface area contributed by atoms with E-state index < -0.39 is 0 Å². The van der Waals surface area contributed by atoms with Crippen LogP contribution in [0.2, 0.25) is 5.02 Å². The molecule has 31 heavy (non-hydrogen) atoms. The van der Waals surface area contributed by atoms with Crippen molar-refractivity contribution >= 4 is 56.1 Å². The highest BCUT2D eigenvalue weighted by molar-refractivity contribution is 7.21. The van der Waals surface area contributed by atoms with Crippen LogP contribution in [0.1, 0.15) is 23.5 Å². The standard InChI is InChI=1S/C24H23ClN4OS/c1-3-29(4-2)18-11-9-17(10-12-18)27-23(30)22-21(26)19-13-14-20(28-24(19)31-22)15-5-7-16(25)8-6-15/h5-14H,3-4,26H2,1-2H3,(H,27,30). The molecule has 0 aliphatic heterocycles. The maximum absolute atomic E-state index is 12.9. The van der Waals surface area contributed by atoms with E-state index in [1.54, 1.807) is 0 Å². The summed E-state index contributed by atoms with van der Waals surface area (Å²) >= 11 is 7.27. The quantitative estimate of drug-likeness (QED) is 0.361. The molecule has 2 aromatic heterocycles. The minimum atomic E-state index is -0.232. The second-order valence-corrected chi connectivity index (χ2v) is 8.51. The van der Waals surface area contributed by atoms with Crippen LogP contribution in [0.3, 0.4) is 0 Å². The van der Waals surface area contributed by atoms with E-state index in [-0.39, 0.29) is 5.91 Å². The molecule has 0 spiro atoms. The molecule has 0 aliphatic rings. The lowest BCUT2D eigenvalue weighted by Crippen LogP contribution is -2.21. The number of anilines is 3. The summed E-state index contributed by atoms with van der Waals surface area (Å²) in [6, 6.07) is 19.2. The Labute approximate surface area is 190 Å². The third-order valence-electron chi connectivity index (χ3n) is 5.19. The maximum Gasteiger partial charge on any atom is 0.267 e. The molecule has 7 heteroatoms. The summed E-state index contributed by atoms with van der Waals surface area (Å²) < 4.78 is 0. The zero-order valence-corrected chi connectivity index (χ0v) is 18.9. The molecule has 2 heterocycles. The number of nitrogen functional groups attached to an aromatic ring is 1. The summed E-state index contributed by atoms with van der Waals surface area (Å²) in [4.78, 5) is 21.0. The van der Waals surface area contributed by atoms with Crippen molar-refractivity contribution in [2.75, 3.05) is 29.0 Å². The fraction of sp³-hybridized carbons (Fsp3) is 0.167. The molecule has 0 atom stereocenters. The van der Waals surface area contributed by atoms with E-state index in [0.29, 0.717) is 15.6 Å². The highest BCUT2D eigenvalue weighted by Gasteiger charge is 2.18. The highest BCUT2D eigenvalue weighted by Crippen LogP contribution is 2.35. The van der Waals surface area contributed by atoms with E-state index in [2.05, 4.69) is 24.1 Å². The second kappa shape index (κ2) is 8.96. The first kappa shape index (κ1) is 21.2. The van der Waals surface area contributed by atoms with Crippen LogP contribution in [-0.2, 0) is 0 Å². The topological polar surface area (TPSA) is 71.2 Å². The number of nitrogens with one attached hydrogen (secondary N) is 1. The number of pyridine rings is 1. The molecule has 2 aromatic carbocycles. The van der Waals surface area contributed by atoms with Gasteiger partial charge in [0, 0.05) is 40.4 Å². The molecule has 4 aromatic rings. The number of carbonyl (C=O) groups is 1. The first-order chi connectivity index (χ1) is 15.0. The fourth-order valence-corrected chi connectivity index (χ4v) is 4.59. The number of aromatic nitrogens is 1. The Hall–Kier alpha value is -3.09. The molecule has 0 aliphatic carbocycles. The van der Waals surface area contributed by atoms with Crippen LogP contribution in [-0.4, -0.2) is 24.0 Å². The van der Waals surface area contributed by atoms with Crippen LogP contribution in [0.5, 0.6) is 0 Å². The van der Waals surface area contributed by atoms with Gasteiger partial charge in [0.25, 0.3) is 5.91 Å². The van der Waals surface area contributed by atoms with Gasteiger partial charge in [0.05, 0.1) is 11.4 Å². The lowest BCUT2D eigenvalue weighted by molar-refractivity contribution is 0.103. The monoisotopic (exact) mass is 450 g/mol. The van der Waals surface area contributed by atoms with E-state index in [1.165, 1.54) is 11.3 Å². The van der Waals surface area contributed by atoms with Crippen molar-refractivity contribution in [3.8, 4) is 11.3 Å². The number of thiophene rings is 1. The minimum Gasteiger partial charge on any atom is -0.397 e. The van der Waals surface area contributed by atoms with Crippen molar-refractivity contribution in [1.82, 2.24) is 4.98 Å². The van der Waals surface area contributed by atoms with Crippen LogP contribution >= 0.6 is 22.9 Å². The second-order valence-electron chi connectivity index (χ2n) is 7.07. The lowest BCUT2D eigenvalue weighted by Gasteiger charge is -2.21. The van der Waals surface area contributed by atoms with Crippen molar-refractivity contribution in [1.29, 1.82) is 0 Å². The van der Waals surface area contributed by atoms with Crippen LogP contribution in [0, 0.1) is 0 Å². The predicted octanol–water partition coefficient (Wildman–Crippen LogP) is 6.30. The molecule has 0 saturated carbocycles. The number of amides is 1. The van der Waals surface area contributed by atoms with E-state index in [9.17, 15) is 4.79 Å². The van der Waals surface area contributed by atoms with Gasteiger partial charge in [-0.05, 0) is 62.4 Å². The molecular weight excluding hydrogens is 428 g/mol. The van der Waals surface area contributed by atoms with Gasteiger partial charge in [-0.3, -0.25) is 4.79 Å². The Kier molecular flexibility index (Phi) is 6.11. The van der Waals surface area contributed by atoms with Gasteiger partial charge in [-0.1, -0.05) is 23.7 Å². The Bertz CT molecular complexity index is 1220. The predicted molar refractivity (Wildman–Crippen MR) is 132 cm³/mol. The molecule has 0 fully saturated rings. The Morgan fingerprint density at radius 2 is 1.71 bits per heavy atom. The third kappa shape index (κ3) is 4.36. The van der Waals surface area contributed by atoms with Gasteiger partial charge in [0.15, 0.2) is 0 Å². The molecule has 3 N–H and O–H groups in total. The number of hydrogen-bond donors (Lipinski definition) is 2. The van der Waals surface area contributed by atoms with Gasteiger partial charge in [0.2, 0.25) is 0 Å². The van der Waals surface area contributed by atoms with Crippen molar-refractivity contribution in [2.24, 2.45) is 0 Å². The minimum absolute atomic E-state index is 0.232. The molecule has 158 valence electrons. The average molecular weight is 451 g/mol. The van der Waals surface area contributed by atoms with Crippen molar-refractivity contribution < 1.29 is 4.79 Å². The van der Waals surface area contributed by atoms with Gasteiger partial charge >= 0.3 is 0 Å². The number of fused-ring (bicyclic) bond motifs is 1. The third-order valence-corrected chi connectivity index (χ3v) is 6.56. The summed E-state index contributed by atoms with van der Waals surface area (Å²) in [6.07, 6.45) is 0. The largest absolute Gasteiger partial charge is 0.397 e. The molecule has 0 saturated heterocycles. The van der Waals surface area contributed by atoms with Gasteiger partial charge in [-0.15, -0.1) is 11.3 Å². The molecular formula is C24H23ClN4OS. The molecule has 0 radical (unpaired) electrons. The van der Waals surface area contributed by atoms with E-state index >= 15 is 0 Å². The Morgan fingerprint density at radius 3 is 2.35 bits per heavy atom. The first-order valence-electron chi connectivity index (χ1n) is 10.1. The molecule has 4 rings (SSSR count). The van der Waals surface area contributed by atoms with E-state index in [0.717, 1.165) is 45.9 Å². The van der Waals surface area contributed by atoms with Gasteiger partial charge < -0.3 is 16.0 Å². The summed E-state index contributed by atoms with van der Waals surface area (Å²) in [6.45, 7) is 6.11. The molecule has 0 bridgehead atoms. The smallest absolute Gasteiger partial charge is 0.267 e. The summed E-state index contributed by atoms with van der Waals surface area (Å²) in [5.74, 6) is -0.232. The maximum atomic E-state index is 12.9. The SMILES string of the molecule is CCN(CC)c1ccc(NC(=O)c2sc3nc(-c4ccc(Cl)cc4)ccc3c2N)cc1. The van der Waals surface area contributed by atoms with Crippen LogP contribution < -0.4 is 16.0 Å². The number of benzene rings is 2. The molecule has 1 amide bonds. The average Bonchev–Trinajstić information content (AvgIpc) is 3.12. The normalized spacial score (nSPS) is 10.9. The van der Waals surface area contributed by atoms with E-state index in [1.807, 2.05) is 60.7 Å². The van der Waals surface area contributed by atoms with Crippen LogP contribution in [0.25, 0.3) is 21.5 Å². The zero-order chi connectivity index (χ0) is 22.0. The highest BCUT2D eigenvalue weighted by atomic mass is 35.5. The summed E-state index contributed by atoms with van der Waals surface area (Å²) in [7, 11) is 0. The first-order valence-corrected chi connectivity index (χ1v) is 11.3. The number of rotatable bonds is 6. The van der Waals surface area contributed by atoms with Crippen LogP contribution in [0.15, 0.2) is 60.7 Å². The van der Waals surface area contributed by atoms with Crippen molar-refractivity contribution in [3.63, 3.8) is 0 Å². The number of nitrogens with two attached hydrogens (primary N) is 1. The molecule has 5 nitrogen and oxygen atoms in total. The van der Waals surface area contributed by atoms with Gasteiger partial charge in [-0.2, -0.15) is 0 Å². The fourth-order valence-electron chi connectivity index (χ4n) is 3.48. The van der Waals surface area contributed by atoms with Gasteiger partial charge in [-0.25, -0.2) is 4.98 Å².